The minimum Gasteiger partial charge on any atom is -0.348 e. The number of benzene rings is 2. The third kappa shape index (κ3) is 4.23. The first-order chi connectivity index (χ1) is 12.5. The Kier molecular flexibility index (Phi) is 5.91. The largest absolute Gasteiger partial charge is 0.348 e. The van der Waals surface area contributed by atoms with E-state index < -0.39 is 0 Å². The standard InChI is InChI=1S/C20H22ClN3OS/c1-13(15-8-4-5-9-16(15)21)22-19(25)12-24(3)14(2)20-23-17-10-6-7-11-18(17)26-20/h4-11,13-14H,12H2,1-3H3,(H,22,25)/t13-,14+/m1/s1. The molecule has 1 amide bonds. The normalized spacial score (nSPS) is 13.7. The van der Waals surface area contributed by atoms with E-state index in [9.17, 15) is 4.79 Å². The van der Waals surface area contributed by atoms with Gasteiger partial charge in [-0.25, -0.2) is 4.98 Å². The number of para-hydroxylation sites is 1. The smallest absolute Gasteiger partial charge is 0.234 e. The van der Waals surface area contributed by atoms with Gasteiger partial charge in [0.1, 0.15) is 5.01 Å². The molecule has 1 aromatic heterocycles. The van der Waals surface area contributed by atoms with Crippen LogP contribution in [0.1, 0.15) is 36.5 Å². The van der Waals surface area contributed by atoms with Crippen molar-refractivity contribution in [2.24, 2.45) is 0 Å². The van der Waals surface area contributed by atoms with Crippen LogP contribution in [0.25, 0.3) is 10.2 Å². The Labute approximate surface area is 162 Å². The predicted octanol–water partition coefficient (Wildman–Crippen LogP) is 4.82. The van der Waals surface area contributed by atoms with Crippen LogP contribution >= 0.6 is 22.9 Å². The highest BCUT2D eigenvalue weighted by atomic mass is 35.5. The topological polar surface area (TPSA) is 45.2 Å². The Morgan fingerprint density at radius 3 is 2.62 bits per heavy atom. The molecule has 0 spiro atoms. The summed E-state index contributed by atoms with van der Waals surface area (Å²) >= 11 is 7.88. The highest BCUT2D eigenvalue weighted by Gasteiger charge is 2.20. The van der Waals surface area contributed by atoms with Crippen molar-refractivity contribution < 1.29 is 4.79 Å². The van der Waals surface area contributed by atoms with E-state index in [1.165, 1.54) is 4.70 Å². The van der Waals surface area contributed by atoms with Crippen molar-refractivity contribution in [3.63, 3.8) is 0 Å². The Balaban J connectivity index is 1.62. The van der Waals surface area contributed by atoms with Crippen molar-refractivity contribution >= 4 is 39.1 Å². The lowest BCUT2D eigenvalue weighted by molar-refractivity contribution is -0.123. The summed E-state index contributed by atoms with van der Waals surface area (Å²) in [6.07, 6.45) is 0. The molecule has 6 heteroatoms. The summed E-state index contributed by atoms with van der Waals surface area (Å²) in [5, 5.41) is 4.70. The van der Waals surface area contributed by atoms with Crippen molar-refractivity contribution in [2.45, 2.75) is 25.9 Å². The number of hydrogen-bond acceptors (Lipinski definition) is 4. The molecule has 3 aromatic rings. The van der Waals surface area contributed by atoms with Gasteiger partial charge in [-0.3, -0.25) is 9.69 Å². The molecule has 0 bridgehead atoms. The van der Waals surface area contributed by atoms with Gasteiger partial charge in [-0.2, -0.15) is 0 Å². The minimum absolute atomic E-state index is 0.0344. The number of thiazole rings is 1. The average Bonchev–Trinajstić information content (AvgIpc) is 3.05. The van der Waals surface area contributed by atoms with Crippen LogP contribution in [0.5, 0.6) is 0 Å². The monoisotopic (exact) mass is 387 g/mol. The van der Waals surface area contributed by atoms with Gasteiger partial charge in [0.2, 0.25) is 5.91 Å². The van der Waals surface area contributed by atoms with Gasteiger partial charge in [0, 0.05) is 5.02 Å². The fourth-order valence-electron chi connectivity index (χ4n) is 2.81. The summed E-state index contributed by atoms with van der Waals surface area (Å²) in [6.45, 7) is 4.31. The number of nitrogens with one attached hydrogen (secondary N) is 1. The van der Waals surface area contributed by atoms with Gasteiger partial charge < -0.3 is 5.32 Å². The zero-order valence-corrected chi connectivity index (χ0v) is 16.6. The molecule has 1 N–H and O–H groups in total. The summed E-state index contributed by atoms with van der Waals surface area (Å²) in [5.41, 5.74) is 1.92. The van der Waals surface area contributed by atoms with Crippen molar-refractivity contribution in [1.82, 2.24) is 15.2 Å². The summed E-state index contributed by atoms with van der Waals surface area (Å²) < 4.78 is 1.17. The van der Waals surface area contributed by atoms with Gasteiger partial charge in [0.05, 0.1) is 28.8 Å². The lowest BCUT2D eigenvalue weighted by atomic mass is 10.1. The summed E-state index contributed by atoms with van der Waals surface area (Å²) in [6, 6.07) is 15.6. The van der Waals surface area contributed by atoms with Crippen LogP contribution in [0.15, 0.2) is 48.5 Å². The van der Waals surface area contributed by atoms with Crippen molar-refractivity contribution in [2.75, 3.05) is 13.6 Å². The van der Waals surface area contributed by atoms with E-state index in [2.05, 4.69) is 23.3 Å². The second kappa shape index (κ2) is 8.16. The Bertz CT molecular complexity index is 878. The third-order valence-electron chi connectivity index (χ3n) is 4.47. The molecule has 2 atom stereocenters. The van der Waals surface area contributed by atoms with E-state index in [0.29, 0.717) is 11.6 Å². The van der Waals surface area contributed by atoms with E-state index >= 15 is 0 Å². The van der Waals surface area contributed by atoms with E-state index in [1.54, 1.807) is 11.3 Å². The van der Waals surface area contributed by atoms with Gasteiger partial charge in [-0.1, -0.05) is 41.9 Å². The summed E-state index contributed by atoms with van der Waals surface area (Å²) in [7, 11) is 1.94. The number of rotatable bonds is 6. The van der Waals surface area contributed by atoms with Crippen LogP contribution in [-0.2, 0) is 4.79 Å². The molecule has 0 saturated heterocycles. The Hall–Kier alpha value is -1.95. The van der Waals surface area contributed by atoms with Crippen molar-refractivity contribution in [1.29, 1.82) is 0 Å². The van der Waals surface area contributed by atoms with Gasteiger partial charge >= 0.3 is 0 Å². The highest BCUT2D eigenvalue weighted by Crippen LogP contribution is 2.28. The molecule has 3 rings (SSSR count). The second-order valence-electron chi connectivity index (χ2n) is 6.42. The first-order valence-corrected chi connectivity index (χ1v) is 9.74. The molecule has 0 unspecified atom stereocenters. The van der Waals surface area contributed by atoms with Crippen LogP contribution in [0.3, 0.4) is 0 Å². The summed E-state index contributed by atoms with van der Waals surface area (Å²) in [4.78, 5) is 19.1. The zero-order chi connectivity index (χ0) is 18.7. The molecule has 0 aliphatic heterocycles. The van der Waals surface area contributed by atoms with E-state index in [1.807, 2.05) is 61.3 Å². The fourth-order valence-corrected chi connectivity index (χ4v) is 4.20. The molecule has 0 aliphatic carbocycles. The molecule has 4 nitrogen and oxygen atoms in total. The molecule has 0 radical (unpaired) electrons. The summed E-state index contributed by atoms with van der Waals surface area (Å²) in [5.74, 6) is -0.0344. The number of amides is 1. The Morgan fingerprint density at radius 1 is 1.19 bits per heavy atom. The number of fused-ring (bicyclic) bond motifs is 1. The first kappa shape index (κ1) is 18.8. The molecule has 1 heterocycles. The van der Waals surface area contributed by atoms with Crippen LogP contribution in [0.4, 0.5) is 0 Å². The molecule has 0 aliphatic rings. The maximum atomic E-state index is 12.4. The number of carbonyl (C=O) groups is 1. The van der Waals surface area contributed by atoms with Gasteiger partial charge in [-0.15, -0.1) is 11.3 Å². The van der Waals surface area contributed by atoms with Crippen LogP contribution in [0.2, 0.25) is 5.02 Å². The Morgan fingerprint density at radius 2 is 1.88 bits per heavy atom. The maximum absolute atomic E-state index is 12.4. The third-order valence-corrected chi connectivity index (χ3v) is 6.02. The molecular weight excluding hydrogens is 366 g/mol. The number of likely N-dealkylation sites (N-methyl/N-ethyl adjacent to an activating group) is 1. The van der Waals surface area contributed by atoms with Crippen molar-refractivity contribution in [3.8, 4) is 0 Å². The van der Waals surface area contributed by atoms with E-state index in [4.69, 9.17) is 11.6 Å². The van der Waals surface area contributed by atoms with Crippen molar-refractivity contribution in [3.05, 3.63) is 64.1 Å². The molecular formula is C20H22ClN3OS. The van der Waals surface area contributed by atoms with E-state index in [-0.39, 0.29) is 18.0 Å². The van der Waals surface area contributed by atoms with E-state index in [0.717, 1.165) is 16.1 Å². The quantitative estimate of drug-likeness (QED) is 0.659. The molecule has 0 fully saturated rings. The average molecular weight is 388 g/mol. The molecule has 26 heavy (non-hydrogen) atoms. The van der Waals surface area contributed by atoms with Crippen LogP contribution < -0.4 is 5.32 Å². The first-order valence-electron chi connectivity index (χ1n) is 8.55. The fraction of sp³-hybridized carbons (Fsp3) is 0.300. The molecule has 0 saturated carbocycles. The molecule has 2 aromatic carbocycles. The lowest BCUT2D eigenvalue weighted by Crippen LogP contribution is -2.37. The minimum atomic E-state index is -0.137. The van der Waals surface area contributed by atoms with Gasteiger partial charge in [0.15, 0.2) is 0 Å². The van der Waals surface area contributed by atoms with Gasteiger partial charge in [0.25, 0.3) is 0 Å². The molecule has 136 valence electrons. The predicted molar refractivity (Wildman–Crippen MR) is 109 cm³/mol. The number of hydrogen-bond donors (Lipinski definition) is 1. The highest BCUT2D eigenvalue weighted by molar-refractivity contribution is 7.18. The van der Waals surface area contributed by atoms with Gasteiger partial charge in [-0.05, 0) is 44.7 Å². The number of aromatic nitrogens is 1. The van der Waals surface area contributed by atoms with Crippen LogP contribution in [0, 0.1) is 0 Å². The van der Waals surface area contributed by atoms with Crippen LogP contribution in [-0.4, -0.2) is 29.4 Å². The maximum Gasteiger partial charge on any atom is 0.234 e. The number of carbonyl (C=O) groups excluding carboxylic acids is 1. The lowest BCUT2D eigenvalue weighted by Gasteiger charge is -2.23. The SMILES string of the molecule is C[C@@H](NC(=O)CN(C)[C@@H](C)c1nc2ccccc2s1)c1ccccc1Cl. The zero-order valence-electron chi connectivity index (χ0n) is 15.1. The second-order valence-corrected chi connectivity index (χ2v) is 7.89. The number of nitrogens with zero attached hydrogens (tertiary/aromatic N) is 2. The number of halogens is 1.